The summed E-state index contributed by atoms with van der Waals surface area (Å²) in [4.78, 5) is 17.7. The number of halogens is 2. The van der Waals surface area contributed by atoms with Gasteiger partial charge in [0.05, 0.1) is 0 Å². The van der Waals surface area contributed by atoms with E-state index in [9.17, 15) is 13.6 Å². The molecule has 2 aromatic rings. The maximum absolute atomic E-state index is 13.1. The Morgan fingerprint density at radius 2 is 2.20 bits per heavy atom. The number of benzene rings is 1. The third kappa shape index (κ3) is 2.26. The Morgan fingerprint density at radius 3 is 2.90 bits per heavy atom. The number of aromatic nitrogens is 2. The standard InChI is InChI=1S/C13H11F2N3O2/c14-10-2-1-8(5-11(10)15)13(19)18-4-3-9(6-18)12-16-7-20-17-12/h1-2,5,7,9H,3-4,6H2/t9-/m0/s1. The fourth-order valence-corrected chi connectivity index (χ4v) is 2.33. The van der Waals surface area contributed by atoms with Crippen molar-refractivity contribution in [1.82, 2.24) is 15.0 Å². The number of carbonyl (C=O) groups is 1. The van der Waals surface area contributed by atoms with Crippen molar-refractivity contribution in [2.45, 2.75) is 12.3 Å². The van der Waals surface area contributed by atoms with Gasteiger partial charge in [-0.1, -0.05) is 5.16 Å². The molecule has 1 amide bonds. The van der Waals surface area contributed by atoms with Crippen molar-refractivity contribution < 1.29 is 18.1 Å². The van der Waals surface area contributed by atoms with Gasteiger partial charge >= 0.3 is 0 Å². The van der Waals surface area contributed by atoms with Gasteiger partial charge in [0, 0.05) is 24.6 Å². The Balaban J connectivity index is 1.74. The number of nitrogens with zero attached hydrogens (tertiary/aromatic N) is 3. The summed E-state index contributed by atoms with van der Waals surface area (Å²) in [5.74, 6) is -1.74. The average molecular weight is 279 g/mol. The highest BCUT2D eigenvalue weighted by molar-refractivity contribution is 5.94. The van der Waals surface area contributed by atoms with Crippen LogP contribution in [0.3, 0.4) is 0 Å². The lowest BCUT2D eigenvalue weighted by Crippen LogP contribution is -2.28. The molecule has 0 saturated carbocycles. The molecule has 3 rings (SSSR count). The average Bonchev–Trinajstić information content (AvgIpc) is 3.11. The second kappa shape index (κ2) is 4.99. The van der Waals surface area contributed by atoms with E-state index in [1.807, 2.05) is 0 Å². The van der Waals surface area contributed by atoms with Crippen LogP contribution in [-0.4, -0.2) is 34.0 Å². The van der Waals surface area contributed by atoms with E-state index in [1.165, 1.54) is 12.5 Å². The molecule has 1 atom stereocenters. The summed E-state index contributed by atoms with van der Waals surface area (Å²) >= 11 is 0. The van der Waals surface area contributed by atoms with Crippen molar-refractivity contribution in [2.75, 3.05) is 13.1 Å². The number of rotatable bonds is 2. The van der Waals surface area contributed by atoms with Gasteiger partial charge < -0.3 is 9.42 Å². The topological polar surface area (TPSA) is 59.2 Å². The molecule has 0 unspecified atom stereocenters. The summed E-state index contributed by atoms with van der Waals surface area (Å²) in [5, 5.41) is 3.76. The molecule has 1 aliphatic heterocycles. The summed E-state index contributed by atoms with van der Waals surface area (Å²) < 4.78 is 30.7. The first-order chi connectivity index (χ1) is 9.65. The highest BCUT2D eigenvalue weighted by Crippen LogP contribution is 2.25. The van der Waals surface area contributed by atoms with Crippen molar-refractivity contribution in [3.8, 4) is 0 Å². The zero-order chi connectivity index (χ0) is 14.1. The Labute approximate surface area is 113 Å². The largest absolute Gasteiger partial charge is 0.343 e. The summed E-state index contributed by atoms with van der Waals surface area (Å²) in [6.45, 7) is 0.967. The van der Waals surface area contributed by atoms with Gasteiger partial charge in [-0.3, -0.25) is 4.79 Å². The van der Waals surface area contributed by atoms with E-state index < -0.39 is 11.6 Å². The number of likely N-dealkylation sites (tertiary alicyclic amines) is 1. The third-order valence-corrected chi connectivity index (χ3v) is 3.39. The SMILES string of the molecule is O=C(c1ccc(F)c(F)c1)N1CC[C@H](c2ncon2)C1. The summed E-state index contributed by atoms with van der Waals surface area (Å²) in [6, 6.07) is 3.15. The predicted octanol–water partition coefficient (Wildman–Crippen LogP) is 1.98. The molecule has 20 heavy (non-hydrogen) atoms. The molecule has 7 heteroatoms. The summed E-state index contributed by atoms with van der Waals surface area (Å²) in [6.07, 6.45) is 1.96. The van der Waals surface area contributed by atoms with Crippen molar-refractivity contribution >= 4 is 5.91 Å². The van der Waals surface area contributed by atoms with E-state index in [0.717, 1.165) is 18.6 Å². The van der Waals surface area contributed by atoms with Gasteiger partial charge in [-0.15, -0.1) is 0 Å². The number of carbonyl (C=O) groups excluding carboxylic acids is 1. The monoisotopic (exact) mass is 279 g/mol. The van der Waals surface area contributed by atoms with Gasteiger partial charge in [0.25, 0.3) is 5.91 Å². The fourth-order valence-electron chi connectivity index (χ4n) is 2.33. The van der Waals surface area contributed by atoms with Crippen molar-refractivity contribution in [1.29, 1.82) is 0 Å². The molecule has 1 aromatic carbocycles. The highest BCUT2D eigenvalue weighted by Gasteiger charge is 2.30. The lowest BCUT2D eigenvalue weighted by atomic mass is 10.1. The van der Waals surface area contributed by atoms with E-state index in [1.54, 1.807) is 4.90 Å². The van der Waals surface area contributed by atoms with Crippen LogP contribution in [-0.2, 0) is 0 Å². The van der Waals surface area contributed by atoms with Crippen LogP contribution in [0.2, 0.25) is 0 Å². The smallest absolute Gasteiger partial charge is 0.253 e. The quantitative estimate of drug-likeness (QED) is 0.843. The van der Waals surface area contributed by atoms with Crippen LogP contribution in [0.15, 0.2) is 29.1 Å². The number of hydrogen-bond acceptors (Lipinski definition) is 4. The van der Waals surface area contributed by atoms with Crippen LogP contribution in [0, 0.1) is 11.6 Å². The van der Waals surface area contributed by atoms with E-state index in [-0.39, 0.29) is 17.4 Å². The first kappa shape index (κ1) is 12.7. The molecule has 1 aliphatic rings. The Bertz CT molecular complexity index is 631. The molecule has 0 radical (unpaired) electrons. The summed E-state index contributed by atoms with van der Waals surface area (Å²) in [7, 11) is 0. The molecule has 0 spiro atoms. The fraction of sp³-hybridized carbons (Fsp3) is 0.308. The molecule has 0 aliphatic carbocycles. The first-order valence-electron chi connectivity index (χ1n) is 6.16. The zero-order valence-corrected chi connectivity index (χ0v) is 10.4. The second-order valence-corrected chi connectivity index (χ2v) is 4.66. The van der Waals surface area contributed by atoms with Gasteiger partial charge in [0.15, 0.2) is 17.5 Å². The maximum atomic E-state index is 13.1. The molecule has 0 N–H and O–H groups in total. The van der Waals surface area contributed by atoms with Crippen LogP contribution < -0.4 is 0 Å². The third-order valence-electron chi connectivity index (χ3n) is 3.39. The van der Waals surface area contributed by atoms with Gasteiger partial charge in [-0.25, -0.2) is 8.78 Å². The lowest BCUT2D eigenvalue weighted by Gasteiger charge is -2.16. The molecular formula is C13H11F2N3O2. The minimum Gasteiger partial charge on any atom is -0.343 e. The van der Waals surface area contributed by atoms with Gasteiger partial charge in [-0.2, -0.15) is 4.98 Å². The molecule has 1 saturated heterocycles. The number of hydrogen-bond donors (Lipinski definition) is 0. The van der Waals surface area contributed by atoms with E-state index in [2.05, 4.69) is 14.7 Å². The van der Waals surface area contributed by atoms with Gasteiger partial charge in [-0.05, 0) is 24.6 Å². The van der Waals surface area contributed by atoms with Crippen molar-refractivity contribution in [2.24, 2.45) is 0 Å². The second-order valence-electron chi connectivity index (χ2n) is 4.66. The normalized spacial score (nSPS) is 18.5. The summed E-state index contributed by atoms with van der Waals surface area (Å²) in [5.41, 5.74) is 0.137. The van der Waals surface area contributed by atoms with Crippen LogP contribution in [0.1, 0.15) is 28.5 Å². The maximum Gasteiger partial charge on any atom is 0.253 e. The Morgan fingerprint density at radius 1 is 1.35 bits per heavy atom. The van der Waals surface area contributed by atoms with Crippen LogP contribution in [0.5, 0.6) is 0 Å². The molecule has 2 heterocycles. The van der Waals surface area contributed by atoms with Crippen LogP contribution in [0.25, 0.3) is 0 Å². The molecule has 1 aromatic heterocycles. The van der Waals surface area contributed by atoms with E-state index in [4.69, 9.17) is 0 Å². The first-order valence-corrected chi connectivity index (χ1v) is 6.16. The molecular weight excluding hydrogens is 268 g/mol. The number of amides is 1. The van der Waals surface area contributed by atoms with Crippen molar-refractivity contribution in [3.05, 3.63) is 47.6 Å². The Hall–Kier alpha value is -2.31. The van der Waals surface area contributed by atoms with Gasteiger partial charge in [0.2, 0.25) is 6.39 Å². The van der Waals surface area contributed by atoms with E-state index in [0.29, 0.717) is 18.9 Å². The lowest BCUT2D eigenvalue weighted by molar-refractivity contribution is 0.0790. The minimum atomic E-state index is -1.02. The molecule has 5 nitrogen and oxygen atoms in total. The minimum absolute atomic E-state index is 0.0167. The predicted molar refractivity (Wildman–Crippen MR) is 63.9 cm³/mol. The highest BCUT2D eigenvalue weighted by atomic mass is 19.2. The Kier molecular flexibility index (Phi) is 3.17. The zero-order valence-electron chi connectivity index (χ0n) is 10.4. The van der Waals surface area contributed by atoms with Crippen LogP contribution >= 0.6 is 0 Å². The molecule has 1 fully saturated rings. The van der Waals surface area contributed by atoms with Gasteiger partial charge in [0.1, 0.15) is 0 Å². The molecule has 104 valence electrons. The van der Waals surface area contributed by atoms with Crippen LogP contribution in [0.4, 0.5) is 8.78 Å². The van der Waals surface area contributed by atoms with Crippen molar-refractivity contribution in [3.63, 3.8) is 0 Å². The molecule has 0 bridgehead atoms. The van der Waals surface area contributed by atoms with E-state index >= 15 is 0 Å².